The van der Waals surface area contributed by atoms with E-state index in [1.165, 1.54) is 39.0 Å². The molecule has 0 N–H and O–H groups in total. The third-order valence-corrected chi connectivity index (χ3v) is 9.65. The number of aromatic nitrogens is 6. The molecule has 3 atom stereocenters. The average Bonchev–Trinajstić information content (AvgIpc) is 3.91. The van der Waals surface area contributed by atoms with Crippen molar-refractivity contribution in [2.45, 2.75) is 31.4 Å². The maximum Gasteiger partial charge on any atom is 0.350 e. The minimum Gasteiger partial charge on any atom is -0.491 e. The Balaban J connectivity index is 0.911. The van der Waals surface area contributed by atoms with Gasteiger partial charge in [0.2, 0.25) is 5.79 Å². The Morgan fingerprint density at radius 2 is 1.58 bits per heavy atom. The van der Waals surface area contributed by atoms with Gasteiger partial charge in [0.15, 0.2) is 0 Å². The lowest BCUT2D eigenvalue weighted by Gasteiger charge is -2.37. The van der Waals surface area contributed by atoms with Crippen LogP contribution in [0.25, 0.3) is 5.69 Å². The van der Waals surface area contributed by atoms with E-state index in [-0.39, 0.29) is 31.9 Å². The molecule has 4 heterocycles. The molecule has 0 aliphatic carbocycles. The highest BCUT2D eigenvalue weighted by molar-refractivity contribution is 7.85. The van der Waals surface area contributed by atoms with E-state index >= 15 is 0 Å². The van der Waals surface area contributed by atoms with Crippen LogP contribution in [-0.2, 0) is 36.1 Å². The lowest BCUT2D eigenvalue weighted by Crippen LogP contribution is -2.46. The van der Waals surface area contributed by atoms with E-state index in [9.17, 15) is 22.0 Å². The summed E-state index contributed by atoms with van der Waals surface area (Å²) in [5.74, 6) is -2.38. The van der Waals surface area contributed by atoms with Crippen LogP contribution in [0.3, 0.4) is 0 Å². The zero-order valence-electron chi connectivity index (χ0n) is 29.0. The van der Waals surface area contributed by atoms with E-state index in [0.717, 1.165) is 55.9 Å². The Hall–Kier alpha value is -5.17. The molecule has 18 heteroatoms. The van der Waals surface area contributed by atoms with Crippen molar-refractivity contribution < 1.29 is 35.6 Å². The Morgan fingerprint density at radius 1 is 0.925 bits per heavy atom. The van der Waals surface area contributed by atoms with Crippen LogP contribution < -0.4 is 20.2 Å². The van der Waals surface area contributed by atoms with E-state index in [1.54, 1.807) is 6.92 Å². The van der Waals surface area contributed by atoms with Crippen LogP contribution >= 0.6 is 0 Å². The summed E-state index contributed by atoms with van der Waals surface area (Å²) in [5, 5.41) is 8.24. The Kier molecular flexibility index (Phi) is 10.3. The lowest BCUT2D eigenvalue weighted by molar-refractivity contribution is -0.192. The molecule has 0 radical (unpaired) electrons. The van der Waals surface area contributed by atoms with Gasteiger partial charge in [-0.25, -0.2) is 32.5 Å². The molecule has 2 saturated heterocycles. The first-order chi connectivity index (χ1) is 25.5. The van der Waals surface area contributed by atoms with Crippen molar-refractivity contribution in [1.82, 2.24) is 29.1 Å². The number of piperazine rings is 1. The maximum absolute atomic E-state index is 14.9. The molecular formula is C35H38F2N8O7S. The molecule has 2 aliphatic rings. The van der Waals surface area contributed by atoms with Crippen molar-refractivity contribution >= 4 is 21.5 Å². The van der Waals surface area contributed by atoms with Gasteiger partial charge in [0.1, 0.15) is 55.6 Å². The predicted molar refractivity (Wildman–Crippen MR) is 189 cm³/mol. The number of hydrogen-bond acceptors (Lipinski definition) is 12. The zero-order valence-corrected chi connectivity index (χ0v) is 29.8. The van der Waals surface area contributed by atoms with Gasteiger partial charge in [0.05, 0.1) is 31.2 Å². The molecule has 0 spiro atoms. The number of ether oxygens (including phenoxy) is 3. The van der Waals surface area contributed by atoms with Crippen LogP contribution in [-0.4, -0.2) is 95.9 Å². The zero-order chi connectivity index (χ0) is 37.2. The van der Waals surface area contributed by atoms with E-state index in [4.69, 9.17) is 18.4 Å². The number of hydrogen-bond donors (Lipinski definition) is 0. The number of halogens is 2. The molecule has 53 heavy (non-hydrogen) atoms. The maximum atomic E-state index is 14.9. The Morgan fingerprint density at radius 3 is 2.21 bits per heavy atom. The Labute approximate surface area is 304 Å². The third-order valence-electron chi connectivity index (χ3n) is 9.08. The van der Waals surface area contributed by atoms with Crippen molar-refractivity contribution in [3.05, 3.63) is 113 Å². The number of anilines is 2. The molecule has 2 aromatic heterocycles. The van der Waals surface area contributed by atoms with Gasteiger partial charge < -0.3 is 24.0 Å². The third kappa shape index (κ3) is 8.25. The standard InChI is InChI=1S/C35H38F2N8O7S/c1-25(18-51-53(2,47)48)45-34(46)44(24-40-45)29-6-4-27(5-7-29)41-13-15-42(16-14-41)28-8-10-30(11-9-28)49-19-31-20-50-35(52-31,21-43-23-38-22-39-43)32-12-3-26(36)17-33(32)37/h3-12,17,22-25,31H,13-16,18-21H2,1-2H3/t25?,31-,35-/m1/s1. The summed E-state index contributed by atoms with van der Waals surface area (Å²) in [6, 6.07) is 18.1. The van der Waals surface area contributed by atoms with Gasteiger partial charge in [0.25, 0.3) is 10.1 Å². The smallest absolute Gasteiger partial charge is 0.350 e. The van der Waals surface area contributed by atoms with Crippen LogP contribution in [0, 0.1) is 11.6 Å². The molecule has 15 nitrogen and oxygen atoms in total. The summed E-state index contributed by atoms with van der Waals surface area (Å²) in [6.07, 6.45) is 4.66. The van der Waals surface area contributed by atoms with Crippen molar-refractivity contribution in [3.8, 4) is 11.4 Å². The lowest BCUT2D eigenvalue weighted by atomic mass is 10.0. The fourth-order valence-electron chi connectivity index (χ4n) is 6.36. The van der Waals surface area contributed by atoms with Gasteiger partial charge in [-0.2, -0.15) is 18.6 Å². The van der Waals surface area contributed by atoms with Crippen molar-refractivity contribution in [3.63, 3.8) is 0 Å². The Bertz CT molecular complexity index is 2170. The van der Waals surface area contributed by atoms with Gasteiger partial charge in [0, 0.05) is 49.2 Å². The van der Waals surface area contributed by atoms with Crippen LogP contribution in [0.15, 0.2) is 90.5 Å². The topological polar surface area (TPSA) is 148 Å². The van der Waals surface area contributed by atoms with E-state index in [2.05, 4.69) is 25.0 Å². The highest BCUT2D eigenvalue weighted by Crippen LogP contribution is 2.38. The van der Waals surface area contributed by atoms with E-state index < -0.39 is 45.4 Å². The molecule has 3 aromatic carbocycles. The molecule has 2 aliphatic heterocycles. The second-order valence-corrected chi connectivity index (χ2v) is 14.5. The van der Waals surface area contributed by atoms with Gasteiger partial charge >= 0.3 is 5.69 Å². The summed E-state index contributed by atoms with van der Waals surface area (Å²) in [5.41, 5.74) is 2.39. The molecule has 0 amide bonds. The van der Waals surface area contributed by atoms with Gasteiger partial charge in [-0.15, -0.1) is 0 Å². The van der Waals surface area contributed by atoms with Gasteiger partial charge in [-0.05, 0) is 67.6 Å². The van der Waals surface area contributed by atoms with Crippen LogP contribution in [0.5, 0.6) is 5.75 Å². The molecule has 1 unspecified atom stereocenters. The highest BCUT2D eigenvalue weighted by atomic mass is 32.2. The van der Waals surface area contributed by atoms with Crippen LogP contribution in [0.4, 0.5) is 20.2 Å². The van der Waals surface area contributed by atoms with Gasteiger partial charge in [-0.3, -0.25) is 4.18 Å². The van der Waals surface area contributed by atoms with Crippen molar-refractivity contribution in [1.29, 1.82) is 0 Å². The molecule has 7 rings (SSSR count). The normalized spacial score (nSPS) is 19.8. The number of rotatable bonds is 13. The largest absolute Gasteiger partial charge is 0.491 e. The molecule has 2 fully saturated rings. The molecule has 280 valence electrons. The minimum absolute atomic E-state index is 0.0147. The van der Waals surface area contributed by atoms with E-state index in [1.807, 2.05) is 48.5 Å². The van der Waals surface area contributed by atoms with Crippen molar-refractivity contribution in [2.75, 3.05) is 62.1 Å². The van der Waals surface area contributed by atoms with Gasteiger partial charge in [-0.1, -0.05) is 0 Å². The average molecular weight is 753 g/mol. The number of nitrogens with zero attached hydrogens (tertiary/aromatic N) is 8. The molecular weight excluding hydrogens is 714 g/mol. The first-order valence-corrected chi connectivity index (χ1v) is 18.7. The number of benzene rings is 3. The molecule has 5 aromatic rings. The second kappa shape index (κ2) is 15.1. The highest BCUT2D eigenvalue weighted by Gasteiger charge is 2.46. The fourth-order valence-corrected chi connectivity index (χ4v) is 6.80. The quantitative estimate of drug-likeness (QED) is 0.163. The molecule has 0 saturated carbocycles. The van der Waals surface area contributed by atoms with Crippen LogP contribution in [0.2, 0.25) is 0 Å². The summed E-state index contributed by atoms with van der Waals surface area (Å²) >= 11 is 0. The van der Waals surface area contributed by atoms with Crippen molar-refractivity contribution in [2.24, 2.45) is 0 Å². The predicted octanol–water partition coefficient (Wildman–Crippen LogP) is 3.11. The first kappa shape index (κ1) is 36.2. The summed E-state index contributed by atoms with van der Waals surface area (Å²) in [4.78, 5) is 21.5. The second-order valence-electron chi connectivity index (χ2n) is 12.9. The van der Waals surface area contributed by atoms with Crippen LogP contribution in [0.1, 0.15) is 18.5 Å². The fraction of sp³-hybridized carbons (Fsp3) is 0.371. The summed E-state index contributed by atoms with van der Waals surface area (Å²) in [7, 11) is -3.63. The minimum atomic E-state index is -3.63. The SMILES string of the molecule is CC(COS(C)(=O)=O)n1ncn(-c2ccc(N3CCN(c4ccc(OC[C@@H]5CO[C@@](Cn6cncn6)(c6ccc(F)cc6F)O5)cc4)CC3)cc2)c1=O. The monoisotopic (exact) mass is 752 g/mol. The summed E-state index contributed by atoms with van der Waals surface area (Å²) in [6.45, 7) is 4.93. The molecule has 0 bridgehead atoms. The first-order valence-electron chi connectivity index (χ1n) is 16.9. The van der Waals surface area contributed by atoms with E-state index in [0.29, 0.717) is 11.4 Å². The summed E-state index contributed by atoms with van der Waals surface area (Å²) < 4.78 is 78.4.